The molecule has 0 aromatic carbocycles. The third-order valence-corrected chi connectivity index (χ3v) is 4.45. The van der Waals surface area contributed by atoms with Crippen molar-refractivity contribution in [2.45, 2.75) is 44.2 Å². The fourth-order valence-corrected chi connectivity index (χ4v) is 3.44. The Hall–Kier alpha value is -1.49. The van der Waals surface area contributed by atoms with Crippen LogP contribution in [0.3, 0.4) is 0 Å². The Morgan fingerprint density at radius 2 is 2.42 bits per heavy atom. The molecule has 3 heterocycles. The molecule has 2 aliphatic heterocycles. The normalized spacial score (nSPS) is 30.8. The maximum Gasteiger partial charge on any atom is 0.272 e. The molecule has 5 nitrogen and oxygen atoms in total. The molecule has 2 fully saturated rings. The molecule has 2 saturated heterocycles. The van der Waals surface area contributed by atoms with E-state index in [4.69, 9.17) is 0 Å². The minimum absolute atomic E-state index is 0.0435. The lowest BCUT2D eigenvalue weighted by Crippen LogP contribution is -2.65. The topological polar surface area (TPSA) is 58.1 Å². The summed E-state index contributed by atoms with van der Waals surface area (Å²) >= 11 is 0. The Morgan fingerprint density at radius 1 is 1.53 bits per heavy atom. The summed E-state index contributed by atoms with van der Waals surface area (Å²) in [5.41, 5.74) is 0.573. The molecule has 1 amide bonds. The molecule has 19 heavy (non-hydrogen) atoms. The number of amides is 1. The van der Waals surface area contributed by atoms with Gasteiger partial charge >= 0.3 is 0 Å². The monoisotopic (exact) mass is 260 g/mol. The minimum Gasteiger partial charge on any atom is -0.332 e. The number of hydrogen-bond donors (Lipinski definition) is 1. The molecule has 1 aromatic heterocycles. The lowest BCUT2D eigenvalue weighted by Gasteiger charge is -2.51. The van der Waals surface area contributed by atoms with E-state index in [9.17, 15) is 4.79 Å². The van der Waals surface area contributed by atoms with E-state index in [2.05, 4.69) is 22.2 Å². The number of nitrogens with zero attached hydrogens (tertiary/aromatic N) is 3. The summed E-state index contributed by atoms with van der Waals surface area (Å²) in [6.45, 7) is 4.14. The van der Waals surface area contributed by atoms with Crippen molar-refractivity contribution in [2.24, 2.45) is 0 Å². The van der Waals surface area contributed by atoms with Gasteiger partial charge in [-0.15, -0.1) is 0 Å². The first kappa shape index (κ1) is 12.5. The molecule has 2 aliphatic rings. The second-order valence-electron chi connectivity index (χ2n) is 5.70. The average molecular weight is 260 g/mol. The van der Waals surface area contributed by atoms with Crippen molar-refractivity contribution < 1.29 is 4.79 Å². The third kappa shape index (κ3) is 2.23. The van der Waals surface area contributed by atoms with Gasteiger partial charge in [-0.2, -0.15) is 0 Å². The fourth-order valence-electron chi connectivity index (χ4n) is 3.44. The first-order valence-electron chi connectivity index (χ1n) is 7.03. The third-order valence-electron chi connectivity index (χ3n) is 4.45. The van der Waals surface area contributed by atoms with Crippen molar-refractivity contribution in [1.29, 1.82) is 0 Å². The van der Waals surface area contributed by atoms with Crippen molar-refractivity contribution in [3.63, 3.8) is 0 Å². The van der Waals surface area contributed by atoms with E-state index in [1.54, 1.807) is 12.3 Å². The van der Waals surface area contributed by atoms with Crippen molar-refractivity contribution in [3.8, 4) is 0 Å². The standard InChI is InChI=1S/C14H20N4O/c1-14-6-3-9-18(12(14)4-2-7-17-14)13(19)11-5-8-15-10-16-11/h5,8,10,12,17H,2-4,6-7,9H2,1H3/t12-,14+/m1/s1. The van der Waals surface area contributed by atoms with Gasteiger partial charge in [0.15, 0.2) is 0 Å². The maximum absolute atomic E-state index is 12.6. The van der Waals surface area contributed by atoms with Crippen LogP contribution >= 0.6 is 0 Å². The number of nitrogens with one attached hydrogen (secondary N) is 1. The molecular weight excluding hydrogens is 240 g/mol. The molecule has 0 bridgehead atoms. The molecule has 2 atom stereocenters. The van der Waals surface area contributed by atoms with Crippen LogP contribution in [-0.4, -0.2) is 45.4 Å². The van der Waals surface area contributed by atoms with E-state index >= 15 is 0 Å². The number of rotatable bonds is 1. The second kappa shape index (κ2) is 4.89. The van der Waals surface area contributed by atoms with Crippen molar-refractivity contribution in [1.82, 2.24) is 20.2 Å². The molecule has 0 saturated carbocycles. The number of fused-ring (bicyclic) bond motifs is 1. The van der Waals surface area contributed by atoms with Crippen LogP contribution in [0.1, 0.15) is 43.1 Å². The number of hydrogen-bond acceptors (Lipinski definition) is 4. The van der Waals surface area contributed by atoms with Crippen LogP contribution in [-0.2, 0) is 0 Å². The highest BCUT2D eigenvalue weighted by Gasteiger charge is 2.44. The summed E-state index contributed by atoms with van der Waals surface area (Å²) < 4.78 is 0. The van der Waals surface area contributed by atoms with Crippen LogP contribution in [0.4, 0.5) is 0 Å². The highest BCUT2D eigenvalue weighted by molar-refractivity contribution is 5.92. The summed E-state index contributed by atoms with van der Waals surface area (Å²) in [7, 11) is 0. The van der Waals surface area contributed by atoms with Crippen LogP contribution in [0.25, 0.3) is 0 Å². The zero-order chi connectivity index (χ0) is 13.3. The Bertz CT molecular complexity index is 460. The van der Waals surface area contributed by atoms with Crippen LogP contribution < -0.4 is 5.32 Å². The molecule has 5 heteroatoms. The van der Waals surface area contributed by atoms with Gasteiger partial charge in [0.25, 0.3) is 5.91 Å². The van der Waals surface area contributed by atoms with Gasteiger partial charge in [0.05, 0.1) is 0 Å². The summed E-state index contributed by atoms with van der Waals surface area (Å²) in [6.07, 6.45) is 7.48. The molecule has 0 radical (unpaired) electrons. The van der Waals surface area contributed by atoms with E-state index < -0.39 is 0 Å². The van der Waals surface area contributed by atoms with Gasteiger partial charge in [-0.05, 0) is 45.2 Å². The van der Waals surface area contributed by atoms with Crippen LogP contribution in [0.2, 0.25) is 0 Å². The largest absolute Gasteiger partial charge is 0.332 e. The summed E-state index contributed by atoms with van der Waals surface area (Å²) in [5, 5.41) is 3.61. The first-order chi connectivity index (χ1) is 9.21. The van der Waals surface area contributed by atoms with E-state index in [1.807, 2.05) is 4.90 Å². The molecule has 0 unspecified atom stereocenters. The number of likely N-dealkylation sites (tertiary alicyclic amines) is 1. The summed E-state index contributed by atoms with van der Waals surface area (Å²) in [6, 6.07) is 1.99. The van der Waals surface area contributed by atoms with Gasteiger partial charge in [-0.25, -0.2) is 9.97 Å². The maximum atomic E-state index is 12.6. The minimum atomic E-state index is 0.0435. The lowest BCUT2D eigenvalue weighted by atomic mass is 9.77. The van der Waals surface area contributed by atoms with Gasteiger partial charge in [0.1, 0.15) is 12.0 Å². The SMILES string of the molecule is C[C@]12CCCN(C(=O)c3ccncn3)[C@@H]1CCCN2. The number of aromatic nitrogens is 2. The predicted molar refractivity (Wildman–Crippen MR) is 71.7 cm³/mol. The molecule has 1 N–H and O–H groups in total. The molecule has 3 rings (SSSR count). The molecule has 102 valence electrons. The van der Waals surface area contributed by atoms with Crippen molar-refractivity contribution in [3.05, 3.63) is 24.3 Å². The van der Waals surface area contributed by atoms with E-state index in [0.717, 1.165) is 38.8 Å². The van der Waals surface area contributed by atoms with Gasteiger partial charge in [-0.1, -0.05) is 0 Å². The van der Waals surface area contributed by atoms with E-state index in [1.165, 1.54) is 6.33 Å². The lowest BCUT2D eigenvalue weighted by molar-refractivity contribution is 0.0248. The van der Waals surface area contributed by atoms with Gasteiger partial charge in [-0.3, -0.25) is 4.79 Å². The highest BCUT2D eigenvalue weighted by Crippen LogP contribution is 2.33. The number of piperidine rings is 2. The molecule has 0 aliphatic carbocycles. The Labute approximate surface area is 113 Å². The fraction of sp³-hybridized carbons (Fsp3) is 0.643. The number of carbonyl (C=O) groups excluding carboxylic acids is 1. The van der Waals surface area contributed by atoms with Crippen molar-refractivity contribution >= 4 is 5.91 Å². The van der Waals surface area contributed by atoms with Gasteiger partial charge < -0.3 is 10.2 Å². The van der Waals surface area contributed by atoms with E-state index in [0.29, 0.717) is 5.69 Å². The van der Waals surface area contributed by atoms with Crippen LogP contribution in [0.5, 0.6) is 0 Å². The molecular formula is C14H20N4O. The van der Waals surface area contributed by atoms with Crippen LogP contribution in [0, 0.1) is 0 Å². The van der Waals surface area contributed by atoms with Crippen molar-refractivity contribution in [2.75, 3.05) is 13.1 Å². The Morgan fingerprint density at radius 3 is 3.21 bits per heavy atom. The zero-order valence-electron chi connectivity index (χ0n) is 11.3. The summed E-state index contributed by atoms with van der Waals surface area (Å²) in [4.78, 5) is 22.6. The predicted octanol–water partition coefficient (Wildman–Crippen LogP) is 1.22. The average Bonchev–Trinajstić information content (AvgIpc) is 2.46. The highest BCUT2D eigenvalue weighted by atomic mass is 16.2. The Kier molecular flexibility index (Phi) is 3.22. The van der Waals surface area contributed by atoms with E-state index in [-0.39, 0.29) is 17.5 Å². The quantitative estimate of drug-likeness (QED) is 0.825. The first-order valence-corrected chi connectivity index (χ1v) is 7.03. The molecule has 0 spiro atoms. The second-order valence-corrected chi connectivity index (χ2v) is 5.70. The van der Waals surface area contributed by atoms with Gasteiger partial charge in [0.2, 0.25) is 0 Å². The smallest absolute Gasteiger partial charge is 0.272 e. The summed E-state index contributed by atoms with van der Waals surface area (Å²) in [5.74, 6) is 0.0435. The Balaban J connectivity index is 1.85. The molecule has 1 aromatic rings. The number of carbonyl (C=O) groups is 1. The van der Waals surface area contributed by atoms with Crippen LogP contribution in [0.15, 0.2) is 18.6 Å². The zero-order valence-corrected chi connectivity index (χ0v) is 11.3. The van der Waals surface area contributed by atoms with Gasteiger partial charge in [0, 0.05) is 24.3 Å².